The van der Waals surface area contributed by atoms with Crippen molar-refractivity contribution >= 4 is 45.2 Å². The van der Waals surface area contributed by atoms with Crippen LogP contribution in [-0.2, 0) is 10.2 Å². The van der Waals surface area contributed by atoms with Crippen LogP contribution in [0.4, 0.5) is 5.69 Å². The van der Waals surface area contributed by atoms with Crippen molar-refractivity contribution in [1.29, 1.82) is 0 Å². The van der Waals surface area contributed by atoms with Crippen LogP contribution < -0.4 is 10.1 Å². The van der Waals surface area contributed by atoms with E-state index >= 15 is 0 Å². The molecule has 0 saturated carbocycles. The number of carbonyl (C=O) groups excluding carboxylic acids is 3. The van der Waals surface area contributed by atoms with Gasteiger partial charge in [-0.25, -0.2) is 0 Å². The maximum Gasteiger partial charge on any atom is 0.238 e. The van der Waals surface area contributed by atoms with E-state index in [0.717, 1.165) is 16.7 Å². The number of fused-ring (bicyclic) bond motifs is 6. The average molecular weight is 605 g/mol. The smallest absolute Gasteiger partial charge is 0.238 e. The van der Waals surface area contributed by atoms with Crippen molar-refractivity contribution in [1.82, 2.24) is 4.90 Å². The zero-order chi connectivity index (χ0) is 28.3. The first kappa shape index (κ1) is 25.5. The molecule has 7 rings (SSSR count). The second-order valence-electron chi connectivity index (χ2n) is 10.5. The van der Waals surface area contributed by atoms with E-state index < -0.39 is 23.4 Å². The fraction of sp³-hybridized carbons (Fsp3) is 0.147. The maximum atomic E-state index is 14.7. The molecule has 41 heavy (non-hydrogen) atoms. The van der Waals surface area contributed by atoms with Crippen molar-refractivity contribution in [3.05, 3.63) is 136 Å². The molecular formula is C34H25BrN2O4. The minimum atomic E-state index is -1.35. The van der Waals surface area contributed by atoms with Crippen molar-refractivity contribution in [2.24, 2.45) is 5.92 Å². The number of rotatable bonds is 5. The van der Waals surface area contributed by atoms with E-state index in [-0.39, 0.29) is 17.5 Å². The lowest BCUT2D eigenvalue weighted by Crippen LogP contribution is -2.49. The molecule has 0 radical (unpaired) electrons. The third-order valence-corrected chi connectivity index (χ3v) is 9.24. The number of carbonyl (C=O) groups is 3. The number of para-hydroxylation sites is 1. The summed E-state index contributed by atoms with van der Waals surface area (Å²) in [6, 6.07) is 28.0. The number of methoxy groups -OCH3 is 1. The van der Waals surface area contributed by atoms with Gasteiger partial charge in [-0.05, 0) is 63.0 Å². The van der Waals surface area contributed by atoms with Gasteiger partial charge in [0.15, 0.2) is 11.6 Å². The van der Waals surface area contributed by atoms with Crippen LogP contribution in [0.3, 0.4) is 0 Å². The van der Waals surface area contributed by atoms with Gasteiger partial charge in [-0.1, -0.05) is 72.8 Å². The van der Waals surface area contributed by atoms with Crippen LogP contribution in [0.2, 0.25) is 0 Å². The third kappa shape index (κ3) is 3.58. The third-order valence-electron chi connectivity index (χ3n) is 8.62. The first-order chi connectivity index (χ1) is 20.0. The van der Waals surface area contributed by atoms with Crippen molar-refractivity contribution in [2.75, 3.05) is 12.4 Å². The molecule has 1 fully saturated rings. The number of hydrogen-bond acceptors (Lipinski definition) is 5. The minimum Gasteiger partial charge on any atom is -0.496 e. The molecule has 4 aromatic rings. The van der Waals surface area contributed by atoms with Crippen molar-refractivity contribution in [2.45, 2.75) is 17.5 Å². The Bertz CT molecular complexity index is 1770. The fourth-order valence-corrected chi connectivity index (χ4v) is 7.48. The van der Waals surface area contributed by atoms with Gasteiger partial charge in [0.25, 0.3) is 0 Å². The van der Waals surface area contributed by atoms with Crippen LogP contribution in [0.5, 0.6) is 5.75 Å². The Morgan fingerprint density at radius 2 is 1.61 bits per heavy atom. The number of anilines is 1. The Morgan fingerprint density at radius 1 is 0.878 bits per heavy atom. The van der Waals surface area contributed by atoms with Gasteiger partial charge < -0.3 is 15.0 Å². The summed E-state index contributed by atoms with van der Waals surface area (Å²) in [4.78, 5) is 45.8. The molecule has 6 nitrogen and oxygen atoms in total. The minimum absolute atomic E-state index is 0.245. The van der Waals surface area contributed by atoms with Crippen molar-refractivity contribution < 1.29 is 19.1 Å². The SMILES string of the molecule is COc1ccc(C(=O)[C@@H]2[C@H](C(=O)c3ccccc3)[C@@]3(C(=O)Nc4ccccc43)[C@@H]3c4ccccc4C=CN23)cc1Br. The van der Waals surface area contributed by atoms with Crippen LogP contribution in [-0.4, -0.2) is 35.5 Å². The van der Waals surface area contributed by atoms with E-state index in [1.807, 2.05) is 71.8 Å². The van der Waals surface area contributed by atoms with E-state index in [9.17, 15) is 14.4 Å². The molecule has 1 saturated heterocycles. The molecule has 0 unspecified atom stereocenters. The van der Waals surface area contributed by atoms with Crippen LogP contribution in [0.1, 0.15) is 43.4 Å². The second-order valence-corrected chi connectivity index (χ2v) is 11.4. The lowest BCUT2D eigenvalue weighted by Gasteiger charge is -2.38. The van der Waals surface area contributed by atoms with E-state index in [1.54, 1.807) is 49.6 Å². The molecule has 4 aromatic carbocycles. The molecule has 0 aromatic heterocycles. The molecular weight excluding hydrogens is 580 g/mol. The second kappa shape index (κ2) is 9.56. The number of nitrogens with zero attached hydrogens (tertiary/aromatic N) is 1. The number of ether oxygens (including phenoxy) is 1. The predicted octanol–water partition coefficient (Wildman–Crippen LogP) is 6.44. The zero-order valence-corrected chi connectivity index (χ0v) is 23.7. The van der Waals surface area contributed by atoms with Gasteiger partial charge in [0.1, 0.15) is 17.2 Å². The zero-order valence-electron chi connectivity index (χ0n) is 22.1. The average Bonchev–Trinajstić information content (AvgIpc) is 3.49. The molecule has 202 valence electrons. The topological polar surface area (TPSA) is 75.7 Å². The summed E-state index contributed by atoms with van der Waals surface area (Å²) in [5.74, 6) is -1.19. The highest BCUT2D eigenvalue weighted by Gasteiger charge is 2.70. The highest BCUT2D eigenvalue weighted by Crippen LogP contribution is 2.62. The Hall–Kier alpha value is -4.49. The largest absolute Gasteiger partial charge is 0.496 e. The molecule has 3 aliphatic heterocycles. The Labute approximate surface area is 245 Å². The molecule has 1 amide bonds. The number of ketones is 2. The standard InChI is InChI=1S/C34H25BrN2O4/c1-41-27-16-15-22(19-25(27)35)31(39)29-28(30(38)21-10-3-2-4-11-21)34(24-13-7-8-14-26(24)36-33(34)40)32-23-12-6-5-9-20(23)17-18-37(29)32/h2-19,28-29,32H,1H3,(H,36,40)/t28-,29+,32+,34-/m1/s1. The van der Waals surface area contributed by atoms with Crippen LogP contribution in [0.15, 0.2) is 108 Å². The van der Waals surface area contributed by atoms with Crippen molar-refractivity contribution in [3.8, 4) is 5.75 Å². The number of nitrogens with one attached hydrogen (secondary N) is 1. The maximum absolute atomic E-state index is 14.7. The summed E-state index contributed by atoms with van der Waals surface area (Å²) >= 11 is 3.51. The van der Waals surface area contributed by atoms with E-state index in [0.29, 0.717) is 27.0 Å². The fourth-order valence-electron chi connectivity index (χ4n) is 6.94. The van der Waals surface area contributed by atoms with Crippen molar-refractivity contribution in [3.63, 3.8) is 0 Å². The molecule has 4 atom stereocenters. The summed E-state index contributed by atoms with van der Waals surface area (Å²) in [5.41, 5.74) is 2.77. The number of benzene rings is 4. The molecule has 0 aliphatic carbocycles. The van der Waals surface area contributed by atoms with Gasteiger partial charge in [0.2, 0.25) is 5.91 Å². The van der Waals surface area contributed by atoms with Crippen LogP contribution >= 0.6 is 15.9 Å². The number of hydrogen-bond donors (Lipinski definition) is 1. The van der Waals surface area contributed by atoms with Gasteiger partial charge in [-0.3, -0.25) is 14.4 Å². The molecule has 0 bridgehead atoms. The first-order valence-electron chi connectivity index (χ1n) is 13.4. The normalized spacial score (nSPS) is 23.5. The van der Waals surface area contributed by atoms with E-state index in [1.165, 1.54) is 0 Å². The molecule has 3 heterocycles. The lowest BCUT2D eigenvalue weighted by atomic mass is 9.62. The monoisotopic (exact) mass is 604 g/mol. The van der Waals surface area contributed by atoms with Gasteiger partial charge >= 0.3 is 0 Å². The lowest BCUT2D eigenvalue weighted by molar-refractivity contribution is -0.122. The first-order valence-corrected chi connectivity index (χ1v) is 14.2. The summed E-state index contributed by atoms with van der Waals surface area (Å²) < 4.78 is 6.02. The van der Waals surface area contributed by atoms with Crippen LogP contribution in [0.25, 0.3) is 6.08 Å². The summed E-state index contributed by atoms with van der Waals surface area (Å²) in [6.07, 6.45) is 3.83. The summed E-state index contributed by atoms with van der Waals surface area (Å²) in [5, 5.41) is 3.08. The molecule has 1 N–H and O–H groups in total. The van der Waals surface area contributed by atoms with Gasteiger partial charge in [0.05, 0.1) is 23.5 Å². The van der Waals surface area contributed by atoms with Gasteiger partial charge in [-0.2, -0.15) is 0 Å². The number of amides is 1. The highest BCUT2D eigenvalue weighted by molar-refractivity contribution is 9.10. The molecule has 3 aliphatic rings. The number of halogens is 1. The number of Topliss-reactive ketones (excluding diaryl/α,β-unsaturated/α-hetero) is 2. The Kier molecular flexibility index (Phi) is 5.94. The summed E-state index contributed by atoms with van der Waals surface area (Å²) in [6.45, 7) is 0. The Morgan fingerprint density at radius 3 is 2.39 bits per heavy atom. The highest BCUT2D eigenvalue weighted by atomic mass is 79.9. The summed E-state index contributed by atoms with van der Waals surface area (Å²) in [7, 11) is 1.56. The van der Waals surface area contributed by atoms with Crippen LogP contribution in [0, 0.1) is 5.92 Å². The van der Waals surface area contributed by atoms with Gasteiger partial charge in [-0.15, -0.1) is 0 Å². The molecule has 1 spiro atoms. The predicted molar refractivity (Wildman–Crippen MR) is 160 cm³/mol. The van der Waals surface area contributed by atoms with E-state index in [2.05, 4.69) is 21.2 Å². The molecule has 7 heteroatoms. The Balaban J connectivity index is 1.52. The van der Waals surface area contributed by atoms with E-state index in [4.69, 9.17) is 4.74 Å². The van der Waals surface area contributed by atoms with Gasteiger partial charge in [0, 0.05) is 23.0 Å². The quantitative estimate of drug-likeness (QED) is 0.265.